The van der Waals surface area contributed by atoms with Crippen molar-refractivity contribution in [1.29, 1.82) is 0 Å². The first kappa shape index (κ1) is 22.5. The first-order valence-corrected chi connectivity index (χ1v) is 12.7. The molecule has 0 radical (unpaired) electrons. The molecular weight excluding hydrogens is 452 g/mol. The molecule has 2 N–H and O–H groups in total. The highest BCUT2D eigenvalue weighted by Crippen LogP contribution is 2.36. The smallest absolute Gasteiger partial charge is 0.327 e. The molecule has 0 spiro atoms. The van der Waals surface area contributed by atoms with Crippen LogP contribution in [0.15, 0.2) is 68.6 Å². The van der Waals surface area contributed by atoms with Crippen LogP contribution in [0.2, 0.25) is 0 Å². The van der Waals surface area contributed by atoms with Gasteiger partial charge in [-0.2, -0.15) is 0 Å². The third-order valence-electron chi connectivity index (χ3n) is 7.32. The quantitative estimate of drug-likeness (QED) is 0.374. The number of imidazole rings is 1. The predicted octanol–water partition coefficient (Wildman–Crippen LogP) is 5.96. The zero-order chi connectivity index (χ0) is 24.6. The van der Waals surface area contributed by atoms with Crippen molar-refractivity contribution in [3.8, 4) is 0 Å². The maximum absolute atomic E-state index is 12.6. The van der Waals surface area contributed by atoms with Gasteiger partial charge in [0.25, 0.3) is 0 Å². The standard InChI is InChI=1S/C28H30N6O2/c1-17-13-21(16-23-26(17)36-18(2)31-23)32-25-15-20(5-3-11-29-25)14-19-7-9-22(10-8-19)34-24-6-4-12-30-27(24)33-28(34)35/h3-4,6,11-13,15-16,19,22H,5,7-10,14H2,1-2H3,(H,29,32)(H,30,33,35). The van der Waals surface area contributed by atoms with Crippen LogP contribution in [0.5, 0.6) is 0 Å². The molecule has 1 aliphatic carbocycles. The van der Waals surface area contributed by atoms with Crippen molar-refractivity contribution >= 4 is 33.8 Å². The van der Waals surface area contributed by atoms with E-state index in [4.69, 9.17) is 4.42 Å². The average molecular weight is 483 g/mol. The van der Waals surface area contributed by atoms with Crippen LogP contribution < -0.4 is 11.0 Å². The molecule has 0 saturated heterocycles. The van der Waals surface area contributed by atoms with Gasteiger partial charge in [-0.05, 0) is 87.3 Å². The second-order valence-corrected chi connectivity index (χ2v) is 9.96. The van der Waals surface area contributed by atoms with Gasteiger partial charge in [0.2, 0.25) is 0 Å². The number of rotatable bonds is 4. The van der Waals surface area contributed by atoms with E-state index >= 15 is 0 Å². The number of pyridine rings is 1. The fourth-order valence-corrected chi connectivity index (χ4v) is 5.67. The molecule has 0 atom stereocenters. The minimum absolute atomic E-state index is 0.0510. The van der Waals surface area contributed by atoms with Crippen LogP contribution in [0.3, 0.4) is 0 Å². The van der Waals surface area contributed by atoms with Crippen molar-refractivity contribution in [2.24, 2.45) is 10.9 Å². The van der Waals surface area contributed by atoms with Gasteiger partial charge in [-0.25, -0.2) is 19.8 Å². The Morgan fingerprint density at radius 1 is 1.19 bits per heavy atom. The number of hydrogen-bond donors (Lipinski definition) is 2. The van der Waals surface area contributed by atoms with Gasteiger partial charge in [0, 0.05) is 31.0 Å². The molecule has 0 unspecified atom stereocenters. The van der Waals surface area contributed by atoms with Gasteiger partial charge in [-0.1, -0.05) is 11.6 Å². The number of oxazole rings is 1. The number of aromatic amines is 1. The number of amidine groups is 1. The van der Waals surface area contributed by atoms with Crippen molar-refractivity contribution in [3.63, 3.8) is 0 Å². The number of H-pyrrole nitrogens is 1. The van der Waals surface area contributed by atoms with E-state index in [1.54, 1.807) is 6.20 Å². The number of anilines is 1. The molecule has 0 amide bonds. The highest BCUT2D eigenvalue weighted by atomic mass is 16.3. The maximum Gasteiger partial charge on any atom is 0.327 e. The molecule has 4 aromatic rings. The van der Waals surface area contributed by atoms with Gasteiger partial charge in [-0.3, -0.25) is 9.55 Å². The zero-order valence-electron chi connectivity index (χ0n) is 20.6. The van der Waals surface area contributed by atoms with Crippen LogP contribution >= 0.6 is 0 Å². The lowest BCUT2D eigenvalue weighted by atomic mass is 9.81. The molecule has 1 aliphatic heterocycles. The van der Waals surface area contributed by atoms with Crippen molar-refractivity contribution in [3.05, 3.63) is 76.3 Å². The number of aryl methyl sites for hydroxylation is 2. The minimum atomic E-state index is -0.0510. The molecule has 6 rings (SSSR count). The third-order valence-corrected chi connectivity index (χ3v) is 7.32. The average Bonchev–Trinajstić information content (AvgIpc) is 3.32. The van der Waals surface area contributed by atoms with Gasteiger partial charge >= 0.3 is 5.69 Å². The molecule has 1 fully saturated rings. The molecule has 8 heteroatoms. The number of aromatic nitrogens is 4. The summed E-state index contributed by atoms with van der Waals surface area (Å²) in [6, 6.07) is 8.18. The fourth-order valence-electron chi connectivity index (χ4n) is 5.67. The molecule has 1 aromatic carbocycles. The first-order valence-electron chi connectivity index (χ1n) is 12.7. The summed E-state index contributed by atoms with van der Waals surface area (Å²) >= 11 is 0. The van der Waals surface area contributed by atoms with E-state index in [9.17, 15) is 4.79 Å². The third kappa shape index (κ3) is 4.39. The normalized spacial score (nSPS) is 20.4. The van der Waals surface area contributed by atoms with Crippen molar-refractivity contribution in [1.82, 2.24) is 19.5 Å². The monoisotopic (exact) mass is 482 g/mol. The summed E-state index contributed by atoms with van der Waals surface area (Å²) in [5.74, 6) is 2.11. The molecule has 184 valence electrons. The molecule has 1 saturated carbocycles. The Morgan fingerprint density at radius 2 is 2.06 bits per heavy atom. The summed E-state index contributed by atoms with van der Waals surface area (Å²) in [5, 5.41) is 3.47. The number of fused-ring (bicyclic) bond motifs is 2. The summed E-state index contributed by atoms with van der Waals surface area (Å²) in [6.45, 7) is 3.90. The minimum Gasteiger partial charge on any atom is -0.441 e. The van der Waals surface area contributed by atoms with Gasteiger partial charge < -0.3 is 9.73 Å². The Bertz CT molecular complexity index is 1580. The Balaban J connectivity index is 1.13. The van der Waals surface area contributed by atoms with E-state index in [-0.39, 0.29) is 11.7 Å². The molecule has 3 aromatic heterocycles. The maximum atomic E-state index is 12.6. The van der Waals surface area contributed by atoms with Crippen LogP contribution in [-0.2, 0) is 0 Å². The molecule has 0 bridgehead atoms. The van der Waals surface area contributed by atoms with E-state index in [2.05, 4.69) is 43.5 Å². The lowest BCUT2D eigenvalue weighted by Gasteiger charge is -2.29. The van der Waals surface area contributed by atoms with Crippen LogP contribution in [0, 0.1) is 19.8 Å². The lowest BCUT2D eigenvalue weighted by molar-refractivity contribution is 0.273. The summed E-state index contributed by atoms with van der Waals surface area (Å²) in [5.41, 5.74) is 6.59. The Labute approximate surface area is 208 Å². The molecule has 8 nitrogen and oxygen atoms in total. The van der Waals surface area contributed by atoms with Crippen LogP contribution in [0.4, 0.5) is 5.69 Å². The Morgan fingerprint density at radius 3 is 2.92 bits per heavy atom. The van der Waals surface area contributed by atoms with Crippen molar-refractivity contribution in [2.45, 2.75) is 58.4 Å². The molecular formula is C28H30N6O2. The van der Waals surface area contributed by atoms with Crippen LogP contribution in [-0.4, -0.2) is 25.4 Å². The van der Waals surface area contributed by atoms with Gasteiger partial charge in [0.15, 0.2) is 17.1 Å². The zero-order valence-corrected chi connectivity index (χ0v) is 20.6. The highest BCUT2D eigenvalue weighted by molar-refractivity contribution is 6.05. The van der Waals surface area contributed by atoms with Crippen LogP contribution in [0.25, 0.3) is 22.3 Å². The summed E-state index contributed by atoms with van der Waals surface area (Å²) in [7, 11) is 0. The van der Waals surface area contributed by atoms with Gasteiger partial charge in [0.05, 0.1) is 5.52 Å². The van der Waals surface area contributed by atoms with Gasteiger partial charge in [-0.15, -0.1) is 0 Å². The second-order valence-electron chi connectivity index (χ2n) is 9.96. The topological polar surface area (TPSA) is 101 Å². The van der Waals surface area contributed by atoms with E-state index in [1.807, 2.05) is 42.8 Å². The molecule has 4 heterocycles. The fraction of sp³-hybridized carbons (Fsp3) is 0.357. The SMILES string of the molecule is Cc1nc2cc(NC3=NC=CCC(CC4CCC(n5c(=O)[nH]c6ncccc65)CC4)=C3)cc(C)c2o1. The predicted molar refractivity (Wildman–Crippen MR) is 142 cm³/mol. The Kier molecular flexibility index (Phi) is 5.79. The number of nitrogens with zero attached hydrogens (tertiary/aromatic N) is 4. The van der Waals surface area contributed by atoms with Crippen LogP contribution in [0.1, 0.15) is 56.0 Å². The van der Waals surface area contributed by atoms with E-state index < -0.39 is 0 Å². The van der Waals surface area contributed by atoms with E-state index in [1.165, 1.54) is 5.57 Å². The summed E-state index contributed by atoms with van der Waals surface area (Å²) in [6.07, 6.45) is 14.1. The number of allylic oxidation sites excluding steroid dienone is 2. The molecule has 2 aliphatic rings. The van der Waals surface area contributed by atoms with Gasteiger partial charge in [0.1, 0.15) is 11.4 Å². The van der Waals surface area contributed by atoms with E-state index in [0.717, 1.165) is 72.2 Å². The summed E-state index contributed by atoms with van der Waals surface area (Å²) < 4.78 is 7.62. The molecule has 36 heavy (non-hydrogen) atoms. The Hall–Kier alpha value is -3.94. The first-order chi connectivity index (χ1) is 17.5. The van der Waals surface area contributed by atoms with Crippen molar-refractivity contribution in [2.75, 3.05) is 5.32 Å². The second kappa shape index (κ2) is 9.26. The van der Waals surface area contributed by atoms with Crippen molar-refractivity contribution < 1.29 is 4.42 Å². The number of benzene rings is 1. The largest absolute Gasteiger partial charge is 0.441 e. The number of hydrogen-bond acceptors (Lipinski definition) is 6. The number of nitrogens with one attached hydrogen (secondary N) is 2. The summed E-state index contributed by atoms with van der Waals surface area (Å²) in [4.78, 5) is 28.9. The number of aliphatic imine (C=N–C) groups is 1. The highest BCUT2D eigenvalue weighted by Gasteiger charge is 2.25. The lowest BCUT2D eigenvalue weighted by Crippen LogP contribution is -2.26. The van der Waals surface area contributed by atoms with E-state index in [0.29, 0.717) is 17.5 Å².